The molecule has 0 aromatic carbocycles. The van der Waals surface area contributed by atoms with Gasteiger partial charge in [0.2, 0.25) is 0 Å². The molecule has 0 aliphatic rings. The highest BCUT2D eigenvalue weighted by molar-refractivity contribution is 4.52. The topological polar surface area (TPSA) is 14.1 Å². The van der Waals surface area contributed by atoms with Crippen LogP contribution in [0.25, 0.3) is 0 Å². The molecule has 0 atom stereocenters. The Morgan fingerprint density at radius 2 is 1.15 bits per heavy atom. The molecule has 0 bridgehead atoms. The predicted octanol–water partition coefficient (Wildman–Crippen LogP) is 3.46. The molecule has 0 N–H and O–H groups in total. The van der Waals surface area contributed by atoms with Gasteiger partial charge in [0.15, 0.2) is 0 Å². The van der Waals surface area contributed by atoms with Crippen molar-refractivity contribution in [3.8, 4) is 0 Å². The SMILES string of the molecule is CC(C)CCC[N]CCCC(C)C. The summed E-state index contributed by atoms with van der Waals surface area (Å²) in [4.78, 5) is 0. The third-order valence-corrected chi connectivity index (χ3v) is 2.20. The molecule has 1 radical (unpaired) electrons. The molecule has 13 heavy (non-hydrogen) atoms. The van der Waals surface area contributed by atoms with Crippen LogP contribution in [-0.2, 0) is 0 Å². The minimum atomic E-state index is 0.839. The summed E-state index contributed by atoms with van der Waals surface area (Å²) in [7, 11) is 0. The van der Waals surface area contributed by atoms with Crippen molar-refractivity contribution in [1.82, 2.24) is 5.32 Å². The minimum absolute atomic E-state index is 0.839. The smallest absolute Gasteiger partial charge is 0.0133 e. The lowest BCUT2D eigenvalue weighted by Crippen LogP contribution is -2.09. The van der Waals surface area contributed by atoms with Gasteiger partial charge in [0.1, 0.15) is 0 Å². The quantitative estimate of drug-likeness (QED) is 0.513. The molecule has 0 heterocycles. The summed E-state index contributed by atoms with van der Waals surface area (Å²) in [6.07, 6.45) is 5.21. The van der Waals surface area contributed by atoms with Crippen LogP contribution in [0.2, 0.25) is 0 Å². The molecule has 1 heteroatoms. The summed E-state index contributed by atoms with van der Waals surface area (Å²) in [5.74, 6) is 1.68. The van der Waals surface area contributed by atoms with Crippen LogP contribution in [0.4, 0.5) is 0 Å². The van der Waals surface area contributed by atoms with Gasteiger partial charge in [-0.2, -0.15) is 0 Å². The molecule has 0 saturated carbocycles. The third kappa shape index (κ3) is 12.0. The van der Waals surface area contributed by atoms with Crippen LogP contribution >= 0.6 is 0 Å². The van der Waals surface area contributed by atoms with Crippen molar-refractivity contribution in [3.63, 3.8) is 0 Å². The van der Waals surface area contributed by atoms with Crippen LogP contribution in [0.5, 0.6) is 0 Å². The van der Waals surface area contributed by atoms with E-state index in [4.69, 9.17) is 0 Å². The van der Waals surface area contributed by atoms with Crippen LogP contribution in [0.15, 0.2) is 0 Å². The standard InChI is InChI=1S/C12H26N/c1-11(2)7-5-9-13-10-6-8-12(3)4/h11-12H,5-10H2,1-4H3. The summed E-state index contributed by atoms with van der Waals surface area (Å²) in [5, 5.41) is 4.52. The number of rotatable bonds is 8. The lowest BCUT2D eigenvalue weighted by molar-refractivity contribution is 0.494. The second-order valence-electron chi connectivity index (χ2n) is 4.74. The molecule has 0 aromatic heterocycles. The molecule has 0 aliphatic heterocycles. The van der Waals surface area contributed by atoms with Crippen LogP contribution in [0.3, 0.4) is 0 Å². The number of hydrogen-bond donors (Lipinski definition) is 0. The first-order chi connectivity index (χ1) is 6.13. The fraction of sp³-hybridized carbons (Fsp3) is 1.00. The van der Waals surface area contributed by atoms with E-state index in [1.54, 1.807) is 0 Å². The Bertz CT molecular complexity index is 85.3. The van der Waals surface area contributed by atoms with Gasteiger partial charge < -0.3 is 0 Å². The molecule has 0 rings (SSSR count). The summed E-state index contributed by atoms with van der Waals surface area (Å²) in [6.45, 7) is 11.3. The normalized spacial score (nSPS) is 11.5. The maximum Gasteiger partial charge on any atom is 0.0133 e. The highest BCUT2D eigenvalue weighted by atomic mass is 14.8. The van der Waals surface area contributed by atoms with Crippen molar-refractivity contribution in [1.29, 1.82) is 0 Å². The first-order valence-corrected chi connectivity index (χ1v) is 5.76. The molecule has 0 aliphatic carbocycles. The van der Waals surface area contributed by atoms with E-state index < -0.39 is 0 Å². The van der Waals surface area contributed by atoms with Crippen molar-refractivity contribution >= 4 is 0 Å². The van der Waals surface area contributed by atoms with E-state index >= 15 is 0 Å². The van der Waals surface area contributed by atoms with E-state index in [-0.39, 0.29) is 0 Å². The molecule has 0 unspecified atom stereocenters. The van der Waals surface area contributed by atoms with Gasteiger partial charge in [0, 0.05) is 13.1 Å². The van der Waals surface area contributed by atoms with Gasteiger partial charge in [0.25, 0.3) is 0 Å². The van der Waals surface area contributed by atoms with Crippen molar-refractivity contribution in [3.05, 3.63) is 0 Å². The molecular weight excluding hydrogens is 158 g/mol. The zero-order valence-corrected chi connectivity index (χ0v) is 9.84. The maximum absolute atomic E-state index is 4.52. The van der Waals surface area contributed by atoms with Crippen LogP contribution in [0.1, 0.15) is 53.4 Å². The molecule has 0 amide bonds. The van der Waals surface area contributed by atoms with Crippen LogP contribution in [-0.4, -0.2) is 13.1 Å². The monoisotopic (exact) mass is 184 g/mol. The average molecular weight is 184 g/mol. The van der Waals surface area contributed by atoms with E-state index in [1.807, 2.05) is 0 Å². The maximum atomic E-state index is 4.52. The first kappa shape index (κ1) is 13.0. The summed E-state index contributed by atoms with van der Waals surface area (Å²) >= 11 is 0. The van der Waals surface area contributed by atoms with E-state index in [2.05, 4.69) is 33.0 Å². The van der Waals surface area contributed by atoms with Crippen molar-refractivity contribution in [2.75, 3.05) is 13.1 Å². The van der Waals surface area contributed by atoms with E-state index in [0.717, 1.165) is 24.9 Å². The fourth-order valence-electron chi connectivity index (χ4n) is 1.33. The zero-order valence-electron chi connectivity index (χ0n) is 9.84. The Balaban J connectivity index is 2.92. The molecular formula is C12H26N. The number of nitrogens with zero attached hydrogens (tertiary/aromatic N) is 1. The minimum Gasteiger partial charge on any atom is -0.242 e. The third-order valence-electron chi connectivity index (χ3n) is 2.20. The van der Waals surface area contributed by atoms with Crippen molar-refractivity contribution < 1.29 is 0 Å². The molecule has 79 valence electrons. The molecule has 1 nitrogen and oxygen atoms in total. The van der Waals surface area contributed by atoms with E-state index in [9.17, 15) is 0 Å². The Labute approximate surface area is 84.3 Å². The van der Waals surface area contributed by atoms with Crippen molar-refractivity contribution in [2.45, 2.75) is 53.4 Å². The van der Waals surface area contributed by atoms with Gasteiger partial charge in [0.05, 0.1) is 0 Å². The highest BCUT2D eigenvalue weighted by Crippen LogP contribution is 2.04. The summed E-state index contributed by atoms with van der Waals surface area (Å²) in [6, 6.07) is 0. The van der Waals surface area contributed by atoms with Crippen LogP contribution in [0, 0.1) is 11.8 Å². The number of hydrogen-bond acceptors (Lipinski definition) is 0. The largest absolute Gasteiger partial charge is 0.242 e. The Kier molecular flexibility index (Phi) is 8.53. The second-order valence-corrected chi connectivity index (χ2v) is 4.74. The van der Waals surface area contributed by atoms with Gasteiger partial charge in [-0.05, 0) is 37.5 Å². The van der Waals surface area contributed by atoms with Gasteiger partial charge in [-0.15, -0.1) is 0 Å². The predicted molar refractivity (Wildman–Crippen MR) is 60.0 cm³/mol. The van der Waals surface area contributed by atoms with Crippen molar-refractivity contribution in [2.24, 2.45) is 11.8 Å². The Morgan fingerprint density at radius 1 is 0.769 bits per heavy atom. The summed E-state index contributed by atoms with van der Waals surface area (Å²) < 4.78 is 0. The average Bonchev–Trinajstić information content (AvgIpc) is 2.01. The lowest BCUT2D eigenvalue weighted by atomic mass is 10.1. The van der Waals surface area contributed by atoms with Gasteiger partial charge in [-0.3, -0.25) is 0 Å². The Morgan fingerprint density at radius 3 is 1.46 bits per heavy atom. The molecule has 0 saturated heterocycles. The van der Waals surface area contributed by atoms with Gasteiger partial charge in [-0.1, -0.05) is 27.7 Å². The second kappa shape index (κ2) is 8.55. The van der Waals surface area contributed by atoms with Crippen LogP contribution < -0.4 is 5.32 Å². The van der Waals surface area contributed by atoms with E-state index in [0.29, 0.717) is 0 Å². The highest BCUT2D eigenvalue weighted by Gasteiger charge is 1.96. The lowest BCUT2D eigenvalue weighted by Gasteiger charge is -2.06. The zero-order chi connectivity index (χ0) is 10.1. The summed E-state index contributed by atoms with van der Waals surface area (Å²) in [5.41, 5.74) is 0. The first-order valence-electron chi connectivity index (χ1n) is 5.76. The van der Waals surface area contributed by atoms with E-state index in [1.165, 1.54) is 25.7 Å². The van der Waals surface area contributed by atoms with Gasteiger partial charge >= 0.3 is 0 Å². The molecule has 0 fully saturated rings. The molecule has 0 aromatic rings. The Hall–Kier alpha value is -0.0400. The fourth-order valence-corrected chi connectivity index (χ4v) is 1.33. The molecule has 0 spiro atoms. The van der Waals surface area contributed by atoms with Gasteiger partial charge in [-0.25, -0.2) is 5.32 Å².